The lowest BCUT2D eigenvalue weighted by molar-refractivity contribution is -0.151. The molecule has 1 N–H and O–H groups in total. The highest BCUT2D eigenvalue weighted by molar-refractivity contribution is 5.88. The summed E-state index contributed by atoms with van der Waals surface area (Å²) in [6, 6.07) is 2.62. The molecule has 1 unspecified atom stereocenters. The van der Waals surface area contributed by atoms with Gasteiger partial charge in [-0.2, -0.15) is 5.10 Å². The van der Waals surface area contributed by atoms with Crippen molar-refractivity contribution < 1.29 is 23.1 Å². The van der Waals surface area contributed by atoms with E-state index in [0.29, 0.717) is 0 Å². The maximum atomic E-state index is 14.0. The molecule has 0 saturated carbocycles. The van der Waals surface area contributed by atoms with Gasteiger partial charge in [0.1, 0.15) is 30.8 Å². The first kappa shape index (κ1) is 16.5. The number of nitrogens with one attached hydrogen (secondary N) is 1. The van der Waals surface area contributed by atoms with Crippen molar-refractivity contribution in [1.82, 2.24) is 20.1 Å². The van der Waals surface area contributed by atoms with Crippen LogP contribution < -0.4 is 5.32 Å². The molecule has 2 aromatic rings. The van der Waals surface area contributed by atoms with Crippen LogP contribution in [0.1, 0.15) is 12.5 Å². The Morgan fingerprint density at radius 3 is 2.74 bits per heavy atom. The van der Waals surface area contributed by atoms with E-state index in [1.165, 1.54) is 24.3 Å². The van der Waals surface area contributed by atoms with Crippen LogP contribution >= 0.6 is 0 Å². The molecule has 0 radical (unpaired) electrons. The number of aromatic nitrogens is 3. The summed E-state index contributed by atoms with van der Waals surface area (Å²) < 4.78 is 33.3. The van der Waals surface area contributed by atoms with Crippen LogP contribution in [0, 0.1) is 11.6 Å². The van der Waals surface area contributed by atoms with Gasteiger partial charge in [-0.05, 0) is 25.1 Å². The van der Waals surface area contributed by atoms with Crippen LogP contribution in [0.5, 0.6) is 0 Å². The molecule has 0 fully saturated rings. The minimum Gasteiger partial charge on any atom is -0.467 e. The summed E-state index contributed by atoms with van der Waals surface area (Å²) in [4.78, 5) is 27.8. The number of ether oxygens (including phenoxy) is 1. The molecule has 1 aromatic heterocycles. The Morgan fingerprint density at radius 2 is 2.13 bits per heavy atom. The quantitative estimate of drug-likeness (QED) is 0.821. The normalized spacial score (nSPS) is 13.2. The van der Waals surface area contributed by atoms with E-state index in [1.54, 1.807) is 0 Å². The highest BCUT2D eigenvalue weighted by Gasteiger charge is 2.40. The Bertz CT molecular complexity index is 721. The molecule has 9 heteroatoms. The Kier molecular flexibility index (Phi) is 4.68. The van der Waals surface area contributed by atoms with Gasteiger partial charge in [-0.1, -0.05) is 0 Å². The molecule has 122 valence electrons. The molecule has 1 amide bonds. The average molecular weight is 324 g/mol. The molecule has 0 spiro atoms. The lowest BCUT2D eigenvalue weighted by Gasteiger charge is -2.28. The van der Waals surface area contributed by atoms with E-state index >= 15 is 0 Å². The van der Waals surface area contributed by atoms with Gasteiger partial charge in [-0.25, -0.2) is 23.2 Å². The highest BCUT2D eigenvalue weighted by atomic mass is 19.1. The number of esters is 1. The van der Waals surface area contributed by atoms with Gasteiger partial charge in [0, 0.05) is 5.56 Å². The Hall–Kier alpha value is -2.84. The molecule has 0 saturated heterocycles. The summed E-state index contributed by atoms with van der Waals surface area (Å²) in [6.07, 6.45) is 2.54. The first-order valence-electron chi connectivity index (χ1n) is 6.54. The van der Waals surface area contributed by atoms with Crippen LogP contribution in [-0.2, 0) is 26.4 Å². The molecule has 1 aromatic carbocycles. The predicted molar refractivity (Wildman–Crippen MR) is 73.9 cm³/mol. The van der Waals surface area contributed by atoms with Gasteiger partial charge in [-0.15, -0.1) is 0 Å². The minimum absolute atomic E-state index is 0.247. The van der Waals surface area contributed by atoms with E-state index in [2.05, 4.69) is 20.1 Å². The Morgan fingerprint density at radius 1 is 1.39 bits per heavy atom. The van der Waals surface area contributed by atoms with Gasteiger partial charge in [0.2, 0.25) is 5.91 Å². The third kappa shape index (κ3) is 3.50. The molecule has 7 nitrogen and oxygen atoms in total. The van der Waals surface area contributed by atoms with Gasteiger partial charge in [-0.3, -0.25) is 4.79 Å². The molecule has 23 heavy (non-hydrogen) atoms. The van der Waals surface area contributed by atoms with E-state index in [1.807, 2.05) is 0 Å². The van der Waals surface area contributed by atoms with E-state index in [0.717, 1.165) is 25.3 Å². The monoisotopic (exact) mass is 324 g/mol. The van der Waals surface area contributed by atoms with Gasteiger partial charge >= 0.3 is 5.97 Å². The van der Waals surface area contributed by atoms with E-state index in [9.17, 15) is 18.4 Å². The van der Waals surface area contributed by atoms with Crippen molar-refractivity contribution in [2.24, 2.45) is 0 Å². The average Bonchev–Trinajstić information content (AvgIpc) is 3.01. The highest BCUT2D eigenvalue weighted by Crippen LogP contribution is 2.26. The van der Waals surface area contributed by atoms with Crippen LogP contribution in [0.15, 0.2) is 30.9 Å². The molecule has 1 atom stereocenters. The first-order valence-corrected chi connectivity index (χ1v) is 6.54. The molecule has 0 aliphatic heterocycles. The zero-order valence-corrected chi connectivity index (χ0v) is 12.4. The second-order valence-corrected chi connectivity index (χ2v) is 4.88. The van der Waals surface area contributed by atoms with E-state index in [-0.39, 0.29) is 12.1 Å². The molecular weight excluding hydrogens is 310 g/mol. The van der Waals surface area contributed by atoms with Crippen LogP contribution in [0.4, 0.5) is 8.78 Å². The number of amides is 1. The summed E-state index contributed by atoms with van der Waals surface area (Å²) in [5.41, 5.74) is -2.23. The van der Waals surface area contributed by atoms with Crippen molar-refractivity contribution in [2.75, 3.05) is 7.11 Å². The number of carbonyl (C=O) groups is 2. The molecule has 2 rings (SSSR count). The fourth-order valence-electron chi connectivity index (χ4n) is 2.09. The smallest absolute Gasteiger partial charge is 0.336 e. The fraction of sp³-hybridized carbons (Fsp3) is 0.286. The number of methoxy groups -OCH3 is 1. The van der Waals surface area contributed by atoms with Crippen molar-refractivity contribution in [3.8, 4) is 0 Å². The Balaban J connectivity index is 2.33. The van der Waals surface area contributed by atoms with Crippen LogP contribution in [0.25, 0.3) is 0 Å². The molecule has 0 bridgehead atoms. The lowest BCUT2D eigenvalue weighted by Crippen LogP contribution is -2.51. The minimum atomic E-state index is -1.89. The second-order valence-electron chi connectivity index (χ2n) is 4.88. The summed E-state index contributed by atoms with van der Waals surface area (Å²) in [6.45, 7) is 0.986. The van der Waals surface area contributed by atoms with Crippen molar-refractivity contribution in [1.29, 1.82) is 0 Å². The van der Waals surface area contributed by atoms with Crippen LogP contribution in [0.3, 0.4) is 0 Å². The van der Waals surface area contributed by atoms with Crippen LogP contribution in [0.2, 0.25) is 0 Å². The number of halogens is 2. The third-order valence-electron chi connectivity index (χ3n) is 3.22. The number of hydrogen-bond donors (Lipinski definition) is 1. The summed E-state index contributed by atoms with van der Waals surface area (Å²) in [5, 5.41) is 6.11. The topological polar surface area (TPSA) is 86.1 Å². The van der Waals surface area contributed by atoms with Crippen molar-refractivity contribution in [3.63, 3.8) is 0 Å². The standard InChI is InChI=1S/C14H14F2N4O3/c1-14(13(22)23-2,10-5-9(15)3-4-11(10)16)19-12(21)6-20-8-17-7-18-20/h3-5,7-8H,6H2,1-2H3,(H,19,21). The van der Waals surface area contributed by atoms with Crippen molar-refractivity contribution in [2.45, 2.75) is 19.0 Å². The predicted octanol–water partition coefficient (Wildman–Crippen LogP) is 0.761. The number of hydrogen-bond acceptors (Lipinski definition) is 5. The molecule has 1 heterocycles. The molecular formula is C14H14F2N4O3. The number of carbonyl (C=O) groups excluding carboxylic acids is 2. The van der Waals surface area contributed by atoms with Gasteiger partial charge in [0.15, 0.2) is 5.54 Å². The Labute approximate surface area is 130 Å². The lowest BCUT2D eigenvalue weighted by atomic mass is 9.91. The largest absolute Gasteiger partial charge is 0.467 e. The summed E-state index contributed by atoms with van der Waals surface area (Å²) in [5.74, 6) is -3.18. The van der Waals surface area contributed by atoms with E-state index in [4.69, 9.17) is 0 Å². The summed E-state index contributed by atoms with van der Waals surface area (Å²) in [7, 11) is 1.08. The first-order chi connectivity index (χ1) is 10.9. The van der Waals surface area contributed by atoms with Gasteiger partial charge < -0.3 is 10.1 Å². The van der Waals surface area contributed by atoms with E-state index < -0.39 is 29.0 Å². The molecule has 0 aliphatic carbocycles. The summed E-state index contributed by atoms with van der Waals surface area (Å²) >= 11 is 0. The SMILES string of the molecule is COC(=O)C(C)(NC(=O)Cn1cncn1)c1cc(F)ccc1F. The van der Waals surface area contributed by atoms with Gasteiger partial charge in [0.05, 0.1) is 7.11 Å². The number of nitrogens with zero attached hydrogens (tertiary/aromatic N) is 3. The van der Waals surface area contributed by atoms with Crippen molar-refractivity contribution in [3.05, 3.63) is 48.1 Å². The fourth-order valence-corrected chi connectivity index (χ4v) is 2.09. The van der Waals surface area contributed by atoms with Gasteiger partial charge in [0.25, 0.3) is 0 Å². The second kappa shape index (κ2) is 6.51. The number of rotatable bonds is 5. The number of benzene rings is 1. The van der Waals surface area contributed by atoms with Crippen molar-refractivity contribution >= 4 is 11.9 Å². The zero-order valence-electron chi connectivity index (χ0n) is 12.4. The maximum Gasteiger partial charge on any atom is 0.336 e. The third-order valence-corrected chi connectivity index (χ3v) is 3.22. The van der Waals surface area contributed by atoms with Crippen LogP contribution in [-0.4, -0.2) is 33.8 Å². The molecule has 0 aliphatic rings. The zero-order chi connectivity index (χ0) is 17.0. The maximum absolute atomic E-state index is 14.0.